The summed E-state index contributed by atoms with van der Waals surface area (Å²) in [6, 6.07) is 16.4. The van der Waals surface area contributed by atoms with Crippen LogP contribution in [0, 0.1) is 11.8 Å². The van der Waals surface area contributed by atoms with Crippen LogP contribution in [0.4, 0.5) is 4.79 Å². The predicted molar refractivity (Wildman–Crippen MR) is 113 cm³/mol. The van der Waals surface area contributed by atoms with Crippen LogP contribution in [0.15, 0.2) is 48.5 Å². The summed E-state index contributed by atoms with van der Waals surface area (Å²) in [5.41, 5.74) is 3.55. The topological polar surface area (TPSA) is 66.8 Å². The van der Waals surface area contributed by atoms with Gasteiger partial charge in [0.25, 0.3) is 0 Å². The Labute approximate surface area is 176 Å². The average molecular weight is 405 g/mol. The molecule has 0 spiro atoms. The maximum Gasteiger partial charge on any atom is 0.410 e. The van der Waals surface area contributed by atoms with Crippen molar-refractivity contribution in [3.05, 3.63) is 59.7 Å². The molecule has 3 atom stereocenters. The van der Waals surface area contributed by atoms with Crippen molar-refractivity contribution in [3.63, 3.8) is 0 Å². The summed E-state index contributed by atoms with van der Waals surface area (Å²) in [5, 5.41) is 10.1. The molecule has 30 heavy (non-hydrogen) atoms. The van der Waals surface area contributed by atoms with Crippen LogP contribution in [0.3, 0.4) is 0 Å². The third kappa shape index (κ3) is 2.68. The van der Waals surface area contributed by atoms with Gasteiger partial charge >= 0.3 is 12.1 Å². The minimum Gasteiger partial charge on any atom is -0.479 e. The number of hydrogen-bond donors (Lipinski definition) is 1. The Morgan fingerprint density at radius 3 is 2.20 bits per heavy atom. The van der Waals surface area contributed by atoms with Crippen LogP contribution in [-0.2, 0) is 9.53 Å². The van der Waals surface area contributed by atoms with Gasteiger partial charge in [0, 0.05) is 12.5 Å². The zero-order valence-electron chi connectivity index (χ0n) is 17.2. The van der Waals surface area contributed by atoms with Crippen molar-refractivity contribution in [3.8, 4) is 11.1 Å². The zero-order chi connectivity index (χ0) is 20.9. The minimum atomic E-state index is -1.11. The number of amides is 1. The molecule has 0 heterocycles. The summed E-state index contributed by atoms with van der Waals surface area (Å²) in [5.74, 6) is -0.479. The Balaban J connectivity index is 1.39. The Bertz CT molecular complexity index is 957. The number of benzene rings is 2. The monoisotopic (exact) mass is 405 g/mol. The number of carbonyl (C=O) groups is 2. The first-order valence-electron chi connectivity index (χ1n) is 10.9. The molecule has 2 bridgehead atoms. The molecular weight excluding hydrogens is 378 g/mol. The van der Waals surface area contributed by atoms with E-state index >= 15 is 0 Å². The molecule has 3 aliphatic carbocycles. The second kappa shape index (κ2) is 7.15. The molecule has 156 valence electrons. The molecule has 5 nitrogen and oxygen atoms in total. The molecule has 2 aromatic rings. The van der Waals surface area contributed by atoms with Gasteiger partial charge in [-0.3, -0.25) is 4.90 Å². The Hall–Kier alpha value is -2.82. The second-order valence-electron chi connectivity index (χ2n) is 8.86. The smallest absolute Gasteiger partial charge is 0.410 e. The lowest BCUT2D eigenvalue weighted by Gasteiger charge is -2.42. The van der Waals surface area contributed by atoms with Crippen molar-refractivity contribution in [2.45, 2.75) is 44.1 Å². The first kappa shape index (κ1) is 19.2. The van der Waals surface area contributed by atoms with Crippen molar-refractivity contribution < 1.29 is 19.4 Å². The molecule has 0 aliphatic heterocycles. The van der Waals surface area contributed by atoms with Crippen molar-refractivity contribution in [2.75, 3.05) is 13.2 Å². The second-order valence-corrected chi connectivity index (χ2v) is 8.86. The highest BCUT2D eigenvalue weighted by molar-refractivity contribution is 5.86. The molecule has 5 heteroatoms. The Morgan fingerprint density at radius 2 is 1.70 bits per heavy atom. The summed E-state index contributed by atoms with van der Waals surface area (Å²) < 4.78 is 5.81. The van der Waals surface area contributed by atoms with Gasteiger partial charge in [0.05, 0.1) is 0 Å². The molecule has 0 radical (unpaired) electrons. The van der Waals surface area contributed by atoms with Crippen molar-refractivity contribution in [1.29, 1.82) is 0 Å². The number of ether oxygens (including phenoxy) is 1. The molecule has 1 N–H and O–H groups in total. The van der Waals surface area contributed by atoms with Gasteiger partial charge in [-0.05, 0) is 66.7 Å². The summed E-state index contributed by atoms with van der Waals surface area (Å²) in [7, 11) is 0. The van der Waals surface area contributed by atoms with Gasteiger partial charge in [-0.1, -0.05) is 48.5 Å². The van der Waals surface area contributed by atoms with E-state index in [1.54, 1.807) is 0 Å². The highest BCUT2D eigenvalue weighted by Crippen LogP contribution is 2.54. The van der Waals surface area contributed by atoms with Gasteiger partial charge in [0.15, 0.2) is 0 Å². The molecular formula is C25H27NO4. The SMILES string of the molecule is CCN(C(=O)OCC1c2ccccc2-c2ccccc21)C1(C(=O)O)CC2CCC1C2. The van der Waals surface area contributed by atoms with E-state index in [1.165, 1.54) is 16.0 Å². The number of rotatable bonds is 5. The summed E-state index contributed by atoms with van der Waals surface area (Å²) in [6.07, 6.45) is 2.89. The molecule has 5 rings (SSSR count). The lowest BCUT2D eigenvalue weighted by molar-refractivity contribution is -0.154. The maximum absolute atomic E-state index is 13.2. The predicted octanol–water partition coefficient (Wildman–Crippen LogP) is 4.90. The molecule has 0 aromatic heterocycles. The molecule has 3 unspecified atom stereocenters. The third-order valence-corrected chi connectivity index (χ3v) is 7.54. The first-order chi connectivity index (χ1) is 14.6. The Morgan fingerprint density at radius 1 is 1.07 bits per heavy atom. The van der Waals surface area contributed by atoms with Gasteiger partial charge in [-0.25, -0.2) is 9.59 Å². The van der Waals surface area contributed by atoms with Gasteiger partial charge < -0.3 is 9.84 Å². The molecule has 2 aromatic carbocycles. The highest BCUT2D eigenvalue weighted by Gasteiger charge is 2.60. The number of carboxylic acids is 1. The van der Waals surface area contributed by atoms with Crippen LogP contribution in [0.2, 0.25) is 0 Å². The van der Waals surface area contributed by atoms with E-state index in [4.69, 9.17) is 4.74 Å². The molecule has 3 aliphatic rings. The van der Waals surface area contributed by atoms with Crippen LogP contribution in [0.25, 0.3) is 11.1 Å². The summed E-state index contributed by atoms with van der Waals surface area (Å²) in [6.45, 7) is 2.40. The fourth-order valence-electron chi connectivity index (χ4n) is 6.25. The van der Waals surface area contributed by atoms with E-state index in [0.29, 0.717) is 18.9 Å². The maximum atomic E-state index is 13.2. The summed E-state index contributed by atoms with van der Waals surface area (Å²) in [4.78, 5) is 27.0. The van der Waals surface area contributed by atoms with E-state index in [2.05, 4.69) is 24.3 Å². The molecule has 2 fully saturated rings. The molecule has 0 saturated heterocycles. The van der Waals surface area contributed by atoms with E-state index < -0.39 is 17.6 Å². The molecule has 1 amide bonds. The lowest BCUT2D eigenvalue weighted by Crippen LogP contribution is -2.60. The third-order valence-electron chi connectivity index (χ3n) is 7.54. The van der Waals surface area contributed by atoms with E-state index in [0.717, 1.165) is 30.4 Å². The standard InChI is InChI=1S/C25H27NO4/c1-2-26(25(23(27)28)14-16-11-12-17(25)13-16)24(29)30-15-22-20-9-5-3-7-18(20)19-8-4-6-10-21(19)22/h3-10,16-17,22H,2,11-15H2,1H3,(H,27,28). The van der Waals surface area contributed by atoms with Gasteiger partial charge in [-0.15, -0.1) is 0 Å². The number of carbonyl (C=O) groups excluding carboxylic acids is 1. The van der Waals surface area contributed by atoms with E-state index in [9.17, 15) is 14.7 Å². The summed E-state index contributed by atoms with van der Waals surface area (Å²) >= 11 is 0. The fourth-order valence-corrected chi connectivity index (χ4v) is 6.25. The van der Waals surface area contributed by atoms with Crippen LogP contribution in [0.1, 0.15) is 49.7 Å². The first-order valence-corrected chi connectivity index (χ1v) is 10.9. The lowest BCUT2D eigenvalue weighted by atomic mass is 9.79. The van der Waals surface area contributed by atoms with Gasteiger partial charge in [-0.2, -0.15) is 0 Å². The Kier molecular flexibility index (Phi) is 4.57. The van der Waals surface area contributed by atoms with Gasteiger partial charge in [0.2, 0.25) is 0 Å². The normalized spacial score (nSPS) is 26.3. The number of carboxylic acid groups (broad SMARTS) is 1. The van der Waals surface area contributed by atoms with Crippen LogP contribution in [0.5, 0.6) is 0 Å². The van der Waals surface area contributed by atoms with E-state index in [-0.39, 0.29) is 18.4 Å². The minimum absolute atomic E-state index is 0.0270. The van der Waals surface area contributed by atoms with Crippen LogP contribution < -0.4 is 0 Å². The molecule has 2 saturated carbocycles. The largest absolute Gasteiger partial charge is 0.479 e. The number of aliphatic carboxylic acids is 1. The van der Waals surface area contributed by atoms with Crippen molar-refractivity contribution in [1.82, 2.24) is 4.90 Å². The van der Waals surface area contributed by atoms with Crippen LogP contribution in [-0.4, -0.2) is 40.8 Å². The number of fused-ring (bicyclic) bond motifs is 5. The van der Waals surface area contributed by atoms with Crippen molar-refractivity contribution in [2.24, 2.45) is 11.8 Å². The number of nitrogens with zero attached hydrogens (tertiary/aromatic N) is 1. The zero-order valence-corrected chi connectivity index (χ0v) is 17.2. The van der Waals surface area contributed by atoms with Crippen LogP contribution >= 0.6 is 0 Å². The quantitative estimate of drug-likeness (QED) is 0.768. The van der Waals surface area contributed by atoms with Crippen molar-refractivity contribution >= 4 is 12.1 Å². The number of hydrogen-bond acceptors (Lipinski definition) is 3. The van der Waals surface area contributed by atoms with Gasteiger partial charge in [0.1, 0.15) is 12.1 Å². The number of likely N-dealkylation sites (N-methyl/N-ethyl adjacent to an activating group) is 1. The van der Waals surface area contributed by atoms with E-state index in [1.807, 2.05) is 31.2 Å². The average Bonchev–Trinajstić information content (AvgIpc) is 3.45. The highest BCUT2D eigenvalue weighted by atomic mass is 16.6. The fraction of sp³-hybridized carbons (Fsp3) is 0.440.